The number of aromatic nitrogens is 2. The van der Waals surface area contributed by atoms with Crippen molar-refractivity contribution in [3.8, 4) is 22.9 Å². The zero-order valence-electron chi connectivity index (χ0n) is 14.8. The number of benzene rings is 2. The molecule has 0 aliphatic carbocycles. The number of carbonyl (C=O) groups is 1. The fourth-order valence-electron chi connectivity index (χ4n) is 3.49. The Morgan fingerprint density at radius 1 is 1.00 bits per heavy atom. The first-order chi connectivity index (χ1) is 13.7. The normalized spacial score (nSPS) is 13.2. The molecule has 0 spiro atoms. The highest BCUT2D eigenvalue weighted by atomic mass is 35.5. The Kier molecular flexibility index (Phi) is 4.02. The van der Waals surface area contributed by atoms with Crippen LogP contribution < -0.4 is 10.1 Å². The first-order valence-corrected chi connectivity index (χ1v) is 9.39. The predicted molar refractivity (Wildman–Crippen MR) is 109 cm³/mol. The summed E-state index contributed by atoms with van der Waals surface area (Å²) < 4.78 is 5.89. The number of hydrogen-bond donors (Lipinski definition) is 2. The molecule has 5 nitrogen and oxygen atoms in total. The van der Waals surface area contributed by atoms with E-state index in [0.717, 1.165) is 34.3 Å². The summed E-state index contributed by atoms with van der Waals surface area (Å²) in [6, 6.07) is 18.9. The quantitative estimate of drug-likeness (QED) is 0.520. The lowest BCUT2D eigenvalue weighted by atomic mass is 10.1. The number of hydrogen-bond acceptors (Lipinski definition) is 3. The minimum absolute atomic E-state index is 0.0399. The van der Waals surface area contributed by atoms with E-state index in [9.17, 15) is 4.79 Å². The molecule has 5 rings (SSSR count). The van der Waals surface area contributed by atoms with Gasteiger partial charge >= 0.3 is 0 Å². The van der Waals surface area contributed by atoms with Crippen LogP contribution in [0.2, 0.25) is 5.02 Å². The largest absolute Gasteiger partial charge is 0.439 e. The van der Waals surface area contributed by atoms with E-state index >= 15 is 0 Å². The smallest absolute Gasteiger partial charge is 0.253 e. The number of pyridine rings is 1. The van der Waals surface area contributed by atoms with Crippen molar-refractivity contribution in [1.82, 2.24) is 15.3 Å². The van der Waals surface area contributed by atoms with E-state index in [2.05, 4.69) is 10.3 Å². The van der Waals surface area contributed by atoms with Crippen LogP contribution in [-0.2, 0) is 6.42 Å². The average Bonchev–Trinajstić information content (AvgIpc) is 3.13. The summed E-state index contributed by atoms with van der Waals surface area (Å²) in [5.74, 6) is 1.07. The van der Waals surface area contributed by atoms with Crippen molar-refractivity contribution < 1.29 is 9.53 Å². The van der Waals surface area contributed by atoms with E-state index in [1.54, 1.807) is 12.1 Å². The second-order valence-electron chi connectivity index (χ2n) is 6.67. The van der Waals surface area contributed by atoms with E-state index in [1.165, 1.54) is 0 Å². The van der Waals surface area contributed by atoms with Crippen LogP contribution in [0, 0.1) is 0 Å². The highest BCUT2D eigenvalue weighted by molar-refractivity contribution is 6.30. The van der Waals surface area contributed by atoms with E-state index in [1.807, 2.05) is 48.5 Å². The van der Waals surface area contributed by atoms with Crippen molar-refractivity contribution in [2.24, 2.45) is 0 Å². The molecule has 6 heteroatoms. The lowest BCUT2D eigenvalue weighted by molar-refractivity contribution is 0.0946. The van der Waals surface area contributed by atoms with Gasteiger partial charge in [-0.05, 0) is 30.3 Å². The number of halogens is 1. The van der Waals surface area contributed by atoms with Gasteiger partial charge in [0, 0.05) is 46.4 Å². The number of fused-ring (bicyclic) bond motifs is 2. The van der Waals surface area contributed by atoms with E-state index < -0.39 is 0 Å². The van der Waals surface area contributed by atoms with Crippen molar-refractivity contribution >= 4 is 28.4 Å². The molecule has 138 valence electrons. The third kappa shape index (κ3) is 3.00. The molecule has 0 atom stereocenters. The van der Waals surface area contributed by atoms with E-state index in [0.29, 0.717) is 28.8 Å². The van der Waals surface area contributed by atoms with Gasteiger partial charge in [0.15, 0.2) is 0 Å². The third-order valence-corrected chi connectivity index (χ3v) is 5.04. The summed E-state index contributed by atoms with van der Waals surface area (Å²) in [6.45, 7) is 0.650. The molecule has 0 bridgehead atoms. The number of ether oxygens (including phenoxy) is 1. The van der Waals surface area contributed by atoms with Crippen molar-refractivity contribution in [2.45, 2.75) is 6.42 Å². The Morgan fingerprint density at radius 2 is 1.89 bits per heavy atom. The van der Waals surface area contributed by atoms with Gasteiger partial charge in [0.25, 0.3) is 5.91 Å². The summed E-state index contributed by atoms with van der Waals surface area (Å²) in [6.07, 6.45) is 0.794. The molecule has 4 aromatic rings. The number of rotatable bonds is 3. The third-order valence-electron chi connectivity index (χ3n) is 4.81. The first kappa shape index (κ1) is 16.8. The summed E-state index contributed by atoms with van der Waals surface area (Å²) in [4.78, 5) is 20.2. The summed E-state index contributed by atoms with van der Waals surface area (Å²) in [7, 11) is 0. The summed E-state index contributed by atoms with van der Waals surface area (Å²) in [5, 5.41) is 4.48. The molecule has 1 amide bonds. The molecule has 1 aliphatic rings. The van der Waals surface area contributed by atoms with Gasteiger partial charge in [-0.15, -0.1) is 0 Å². The van der Waals surface area contributed by atoms with Gasteiger partial charge in [-0.25, -0.2) is 4.98 Å². The van der Waals surface area contributed by atoms with Crippen LogP contribution in [0.5, 0.6) is 11.6 Å². The predicted octanol–water partition coefficient (Wildman–Crippen LogP) is 4.96. The Hall–Kier alpha value is -3.31. The number of H-pyrrole nitrogens is 1. The van der Waals surface area contributed by atoms with Gasteiger partial charge in [-0.1, -0.05) is 35.9 Å². The van der Waals surface area contributed by atoms with Crippen LogP contribution in [0.4, 0.5) is 0 Å². The van der Waals surface area contributed by atoms with E-state index in [-0.39, 0.29) is 5.91 Å². The van der Waals surface area contributed by atoms with Crippen molar-refractivity contribution in [1.29, 1.82) is 0 Å². The van der Waals surface area contributed by atoms with Crippen LogP contribution in [-0.4, -0.2) is 22.4 Å². The van der Waals surface area contributed by atoms with Gasteiger partial charge in [-0.2, -0.15) is 0 Å². The van der Waals surface area contributed by atoms with Crippen LogP contribution in [0.1, 0.15) is 16.1 Å². The fraction of sp³-hybridized carbons (Fsp3) is 0.0909. The SMILES string of the molecule is O=C1NCCc2[nH]c(-c3cccc4ccc(Oc5cccc(Cl)c5)nc34)cc21. The lowest BCUT2D eigenvalue weighted by Gasteiger charge is -2.11. The molecule has 3 heterocycles. The minimum Gasteiger partial charge on any atom is -0.439 e. The molecule has 2 aromatic heterocycles. The molecular weight excluding hydrogens is 374 g/mol. The maximum Gasteiger partial charge on any atom is 0.253 e. The van der Waals surface area contributed by atoms with Gasteiger partial charge in [0.05, 0.1) is 11.1 Å². The zero-order chi connectivity index (χ0) is 19.1. The molecule has 28 heavy (non-hydrogen) atoms. The van der Waals surface area contributed by atoms with Gasteiger partial charge in [0.2, 0.25) is 5.88 Å². The van der Waals surface area contributed by atoms with Crippen molar-refractivity contribution in [3.05, 3.63) is 76.9 Å². The molecule has 0 saturated heterocycles. The molecule has 1 aliphatic heterocycles. The number of carbonyl (C=O) groups excluding carboxylic acids is 1. The molecule has 0 fully saturated rings. The average molecular weight is 390 g/mol. The van der Waals surface area contributed by atoms with Crippen molar-refractivity contribution in [2.75, 3.05) is 6.54 Å². The number of nitrogens with zero attached hydrogens (tertiary/aromatic N) is 1. The zero-order valence-corrected chi connectivity index (χ0v) is 15.6. The van der Waals surface area contributed by atoms with Crippen LogP contribution in [0.15, 0.2) is 60.7 Å². The molecular formula is C22H16ClN3O2. The lowest BCUT2D eigenvalue weighted by Crippen LogP contribution is -2.31. The molecule has 2 N–H and O–H groups in total. The Bertz CT molecular complexity index is 1220. The van der Waals surface area contributed by atoms with Crippen LogP contribution in [0.3, 0.4) is 0 Å². The highest BCUT2D eigenvalue weighted by Gasteiger charge is 2.21. The maximum absolute atomic E-state index is 12.1. The standard InChI is InChI=1S/C22H16ClN3O2/c23-14-4-2-5-15(11-14)28-20-8-7-13-3-1-6-16(21(13)26-20)19-12-17-18(25-19)9-10-24-22(17)27/h1-8,11-12,25H,9-10H2,(H,24,27). The number of amides is 1. The Balaban J connectivity index is 1.59. The minimum atomic E-state index is -0.0399. The topological polar surface area (TPSA) is 67.0 Å². The van der Waals surface area contributed by atoms with Gasteiger partial charge in [-0.3, -0.25) is 4.79 Å². The van der Waals surface area contributed by atoms with Gasteiger partial charge in [0.1, 0.15) is 5.75 Å². The van der Waals surface area contributed by atoms with E-state index in [4.69, 9.17) is 21.3 Å². The van der Waals surface area contributed by atoms with Crippen LogP contribution >= 0.6 is 11.6 Å². The van der Waals surface area contributed by atoms with Crippen LogP contribution in [0.25, 0.3) is 22.2 Å². The number of para-hydroxylation sites is 1. The number of nitrogens with one attached hydrogen (secondary N) is 2. The Labute approximate surface area is 166 Å². The number of aromatic amines is 1. The van der Waals surface area contributed by atoms with Crippen molar-refractivity contribution in [3.63, 3.8) is 0 Å². The second-order valence-corrected chi connectivity index (χ2v) is 7.10. The summed E-state index contributed by atoms with van der Waals surface area (Å²) >= 11 is 6.04. The molecule has 0 radical (unpaired) electrons. The Morgan fingerprint density at radius 3 is 2.75 bits per heavy atom. The maximum atomic E-state index is 12.1. The fourth-order valence-corrected chi connectivity index (χ4v) is 3.67. The second kappa shape index (κ2) is 6.69. The molecule has 2 aromatic carbocycles. The molecule has 0 unspecified atom stereocenters. The van der Waals surface area contributed by atoms with Gasteiger partial charge < -0.3 is 15.0 Å². The molecule has 0 saturated carbocycles. The first-order valence-electron chi connectivity index (χ1n) is 9.01. The monoisotopic (exact) mass is 389 g/mol. The highest BCUT2D eigenvalue weighted by Crippen LogP contribution is 2.32. The summed E-state index contributed by atoms with van der Waals surface area (Å²) in [5.41, 5.74) is 4.27.